The van der Waals surface area contributed by atoms with E-state index in [2.05, 4.69) is 20.5 Å². The third-order valence-corrected chi connectivity index (χ3v) is 5.35. The van der Waals surface area contributed by atoms with Crippen molar-refractivity contribution in [3.63, 3.8) is 0 Å². The number of carbonyl (C=O) groups is 1. The molecule has 0 aliphatic rings. The number of rotatable bonds is 6. The summed E-state index contributed by atoms with van der Waals surface area (Å²) in [6.07, 6.45) is -1.88. The predicted molar refractivity (Wildman–Crippen MR) is 106 cm³/mol. The molecule has 4 aromatic rings. The van der Waals surface area contributed by atoms with Gasteiger partial charge in [-0.25, -0.2) is 4.98 Å². The van der Waals surface area contributed by atoms with Crippen LogP contribution in [0.1, 0.15) is 17.1 Å². The van der Waals surface area contributed by atoms with Crippen LogP contribution in [-0.2, 0) is 23.8 Å². The minimum Gasteiger partial charge on any atom is -0.355 e. The number of alkyl halides is 3. The number of thiazole rings is 1. The van der Waals surface area contributed by atoms with Crippen molar-refractivity contribution in [2.24, 2.45) is 0 Å². The number of halogens is 3. The Hall–Kier alpha value is -3.27. The molecular weight excluding hydrogens is 415 g/mol. The number of hydrogen-bond acceptors (Lipinski definition) is 5. The molecule has 0 bridgehead atoms. The first kappa shape index (κ1) is 20.0. The number of fused-ring (bicyclic) bond motifs is 1. The zero-order valence-corrected chi connectivity index (χ0v) is 16.4. The van der Waals surface area contributed by atoms with Gasteiger partial charge >= 0.3 is 6.18 Å². The maximum Gasteiger partial charge on any atom is 0.416 e. The van der Waals surface area contributed by atoms with Gasteiger partial charge < -0.3 is 5.32 Å². The second kappa shape index (κ2) is 8.23. The predicted octanol–water partition coefficient (Wildman–Crippen LogP) is 3.77. The van der Waals surface area contributed by atoms with Crippen LogP contribution < -0.4 is 5.32 Å². The average molecular weight is 431 g/mol. The van der Waals surface area contributed by atoms with E-state index in [1.807, 2.05) is 28.8 Å². The Balaban J connectivity index is 1.31. The van der Waals surface area contributed by atoms with Gasteiger partial charge in [0.2, 0.25) is 5.91 Å². The third-order valence-electron chi connectivity index (χ3n) is 4.41. The van der Waals surface area contributed by atoms with Crippen LogP contribution in [0.4, 0.5) is 13.2 Å². The maximum atomic E-state index is 12.7. The second-order valence-corrected chi connectivity index (χ2v) is 7.40. The molecule has 0 saturated carbocycles. The number of hydrogen-bond donors (Lipinski definition) is 1. The monoisotopic (exact) mass is 431 g/mol. The highest BCUT2D eigenvalue weighted by Gasteiger charge is 2.30. The first-order valence-electron chi connectivity index (χ1n) is 9.07. The molecule has 1 amide bonds. The van der Waals surface area contributed by atoms with E-state index in [1.165, 1.54) is 23.5 Å². The van der Waals surface area contributed by atoms with Crippen LogP contribution in [0.2, 0.25) is 0 Å². The number of aromatic nitrogens is 4. The topological polar surface area (TPSA) is 72.2 Å². The molecule has 1 N–H and O–H groups in total. The molecule has 0 saturated heterocycles. The first-order chi connectivity index (χ1) is 14.4. The van der Waals surface area contributed by atoms with Crippen LogP contribution in [-0.4, -0.2) is 32.0 Å². The highest BCUT2D eigenvalue weighted by atomic mass is 32.1. The van der Waals surface area contributed by atoms with Gasteiger partial charge in [-0.15, -0.1) is 21.5 Å². The minimum absolute atomic E-state index is 0.0950. The lowest BCUT2D eigenvalue weighted by molar-refractivity contribution is -0.137. The number of benzene rings is 1. The van der Waals surface area contributed by atoms with E-state index < -0.39 is 11.7 Å². The summed E-state index contributed by atoms with van der Waals surface area (Å²) in [6.45, 7) is 0.407. The molecular formula is C20H16F3N5OS. The molecule has 10 heteroatoms. The van der Waals surface area contributed by atoms with E-state index in [-0.39, 0.29) is 12.3 Å². The largest absolute Gasteiger partial charge is 0.416 e. The Labute approximate surface area is 173 Å². The van der Waals surface area contributed by atoms with Crippen LogP contribution in [0.5, 0.6) is 0 Å². The Kier molecular flexibility index (Phi) is 5.49. The fraction of sp³-hybridized carbons (Fsp3) is 0.200. The fourth-order valence-electron chi connectivity index (χ4n) is 2.92. The van der Waals surface area contributed by atoms with Crippen molar-refractivity contribution in [2.45, 2.75) is 19.0 Å². The van der Waals surface area contributed by atoms with Crippen molar-refractivity contribution in [3.8, 4) is 10.6 Å². The lowest BCUT2D eigenvalue weighted by Gasteiger charge is -2.06. The number of nitrogens with zero attached hydrogens (tertiary/aromatic N) is 4. The fourth-order valence-corrected chi connectivity index (χ4v) is 3.75. The zero-order chi connectivity index (χ0) is 21.1. The molecule has 0 radical (unpaired) electrons. The maximum absolute atomic E-state index is 12.7. The summed E-state index contributed by atoms with van der Waals surface area (Å²) in [4.78, 5) is 16.6. The van der Waals surface area contributed by atoms with Crippen molar-refractivity contribution in [3.05, 3.63) is 71.1 Å². The van der Waals surface area contributed by atoms with Crippen LogP contribution in [0.3, 0.4) is 0 Å². The van der Waals surface area contributed by atoms with Crippen molar-refractivity contribution in [2.75, 3.05) is 6.54 Å². The molecule has 3 heterocycles. The molecule has 1 aromatic carbocycles. The molecule has 6 nitrogen and oxygen atoms in total. The number of pyridine rings is 1. The molecule has 4 rings (SSSR count). The molecule has 30 heavy (non-hydrogen) atoms. The summed E-state index contributed by atoms with van der Waals surface area (Å²) in [5.74, 6) is 0.567. The van der Waals surface area contributed by atoms with Crippen molar-refractivity contribution in [1.29, 1.82) is 0 Å². The number of amides is 1. The normalized spacial score (nSPS) is 11.7. The van der Waals surface area contributed by atoms with Crippen LogP contribution >= 0.6 is 11.3 Å². The molecule has 3 aromatic heterocycles. The van der Waals surface area contributed by atoms with Crippen LogP contribution in [0.15, 0.2) is 54.0 Å². The van der Waals surface area contributed by atoms with Gasteiger partial charge in [0.1, 0.15) is 10.8 Å². The van der Waals surface area contributed by atoms with E-state index in [1.54, 1.807) is 5.38 Å². The molecule has 154 valence electrons. The van der Waals surface area contributed by atoms with Crippen molar-refractivity contribution < 1.29 is 18.0 Å². The standard InChI is InChI=1S/C20H16F3N5OS/c21-20(22,23)14-6-4-13(5-7-14)19-25-15(12-30-19)11-18(29)24-9-8-17-27-26-16-3-1-2-10-28(16)17/h1-7,10,12H,8-9,11H2,(H,24,29). The highest BCUT2D eigenvalue weighted by Crippen LogP contribution is 2.31. The smallest absolute Gasteiger partial charge is 0.355 e. The quantitative estimate of drug-likeness (QED) is 0.505. The van der Waals surface area contributed by atoms with E-state index in [4.69, 9.17) is 0 Å². The van der Waals surface area contributed by atoms with E-state index in [0.717, 1.165) is 23.6 Å². The first-order valence-corrected chi connectivity index (χ1v) is 9.95. The second-order valence-electron chi connectivity index (χ2n) is 6.54. The van der Waals surface area contributed by atoms with Gasteiger partial charge in [0.05, 0.1) is 17.7 Å². The summed E-state index contributed by atoms with van der Waals surface area (Å²) in [5.41, 5.74) is 1.19. The summed E-state index contributed by atoms with van der Waals surface area (Å²) < 4.78 is 39.9. The molecule has 0 aliphatic carbocycles. The lowest BCUT2D eigenvalue weighted by atomic mass is 10.1. The van der Waals surface area contributed by atoms with Crippen LogP contribution in [0.25, 0.3) is 16.2 Å². The van der Waals surface area contributed by atoms with Gasteiger partial charge in [-0.1, -0.05) is 18.2 Å². The molecule has 0 spiro atoms. The summed E-state index contributed by atoms with van der Waals surface area (Å²) >= 11 is 1.29. The Morgan fingerprint density at radius 2 is 1.90 bits per heavy atom. The minimum atomic E-state index is -4.37. The van der Waals surface area contributed by atoms with Gasteiger partial charge in [0.25, 0.3) is 0 Å². The molecule has 0 atom stereocenters. The Morgan fingerprint density at radius 3 is 2.67 bits per heavy atom. The van der Waals surface area contributed by atoms with E-state index in [0.29, 0.717) is 29.2 Å². The van der Waals surface area contributed by atoms with Gasteiger partial charge in [0, 0.05) is 30.1 Å². The SMILES string of the molecule is O=C(Cc1csc(-c2ccc(C(F)(F)F)cc2)n1)NCCc1nnc2ccccn12. The Morgan fingerprint density at radius 1 is 1.10 bits per heavy atom. The average Bonchev–Trinajstić information content (AvgIpc) is 3.35. The van der Waals surface area contributed by atoms with Gasteiger partial charge in [-0.2, -0.15) is 13.2 Å². The highest BCUT2D eigenvalue weighted by molar-refractivity contribution is 7.13. The van der Waals surface area contributed by atoms with Crippen molar-refractivity contribution >= 4 is 22.9 Å². The summed E-state index contributed by atoms with van der Waals surface area (Å²) in [5, 5.41) is 13.3. The molecule has 0 aliphatic heterocycles. The molecule has 0 unspecified atom stereocenters. The Bertz CT molecular complexity index is 1170. The molecule has 0 fully saturated rings. The van der Waals surface area contributed by atoms with E-state index >= 15 is 0 Å². The van der Waals surface area contributed by atoms with Gasteiger partial charge in [-0.3, -0.25) is 9.20 Å². The number of nitrogens with one attached hydrogen (secondary N) is 1. The summed E-state index contributed by atoms with van der Waals surface area (Å²) in [7, 11) is 0. The lowest BCUT2D eigenvalue weighted by Crippen LogP contribution is -2.27. The zero-order valence-electron chi connectivity index (χ0n) is 15.6. The summed E-state index contributed by atoms with van der Waals surface area (Å²) in [6, 6.07) is 10.4. The van der Waals surface area contributed by atoms with E-state index in [9.17, 15) is 18.0 Å². The van der Waals surface area contributed by atoms with Gasteiger partial charge in [0.15, 0.2) is 5.65 Å². The number of carbonyl (C=O) groups excluding carboxylic acids is 1. The van der Waals surface area contributed by atoms with Crippen molar-refractivity contribution in [1.82, 2.24) is 24.9 Å². The third kappa shape index (κ3) is 4.48. The van der Waals surface area contributed by atoms with Gasteiger partial charge in [-0.05, 0) is 24.3 Å². The van der Waals surface area contributed by atoms with Crippen LogP contribution in [0, 0.1) is 0 Å².